The molecule has 3 aromatic rings. The molecule has 6 heteroatoms. The third-order valence-corrected chi connectivity index (χ3v) is 4.11. The molecule has 0 unspecified atom stereocenters. The molecule has 1 aromatic heterocycles. The summed E-state index contributed by atoms with van der Waals surface area (Å²) >= 11 is 9.84. The predicted molar refractivity (Wildman–Crippen MR) is 94.9 cm³/mol. The smallest absolute Gasteiger partial charge is 0.245 e. The first-order valence-corrected chi connectivity index (χ1v) is 8.06. The van der Waals surface area contributed by atoms with E-state index in [2.05, 4.69) is 25.9 Å². The van der Waals surface area contributed by atoms with Gasteiger partial charge in [-0.25, -0.2) is 14.4 Å². The normalized spacial score (nSPS) is 10.3. The highest BCUT2D eigenvalue weighted by Crippen LogP contribution is 2.35. The second-order valence-corrected chi connectivity index (χ2v) is 5.91. The van der Waals surface area contributed by atoms with Gasteiger partial charge in [-0.15, -0.1) is 0 Å². The minimum Gasteiger partial charge on any atom is -0.489 e. The van der Waals surface area contributed by atoms with E-state index in [1.54, 1.807) is 18.5 Å². The van der Waals surface area contributed by atoms with Crippen LogP contribution < -0.4 is 9.16 Å². The zero-order valence-electron chi connectivity index (χ0n) is 12.1. The molecular formula is C17H13BrClN3O. The molecule has 1 heterocycles. The first kappa shape index (κ1) is 15.8. The van der Waals surface area contributed by atoms with E-state index < -0.39 is 0 Å². The fourth-order valence-electron chi connectivity index (χ4n) is 1.97. The number of halogens is 2. The van der Waals surface area contributed by atoms with Gasteiger partial charge in [-0.2, -0.15) is 0 Å². The molecule has 0 N–H and O–H groups in total. The van der Waals surface area contributed by atoms with Crippen LogP contribution in [0.5, 0.6) is 5.75 Å². The Morgan fingerprint density at radius 1 is 1.00 bits per heavy atom. The Kier molecular flexibility index (Phi) is 5.10. The summed E-state index contributed by atoms with van der Waals surface area (Å²) in [5.74, 6) is 1.11. The van der Waals surface area contributed by atoms with Crippen molar-refractivity contribution < 1.29 is 4.74 Å². The average Bonchev–Trinajstić information content (AvgIpc) is 2.62. The third-order valence-electron chi connectivity index (χ3n) is 3.11. The van der Waals surface area contributed by atoms with Crippen LogP contribution in [-0.2, 0) is 6.61 Å². The van der Waals surface area contributed by atoms with Gasteiger partial charge in [0, 0.05) is 34.7 Å². The molecule has 4 nitrogen and oxygen atoms in total. The number of rotatable bonds is 5. The van der Waals surface area contributed by atoms with E-state index >= 15 is 0 Å². The molecule has 116 valence electrons. The highest BCUT2D eigenvalue weighted by molar-refractivity contribution is 9.10. The van der Waals surface area contributed by atoms with Crippen molar-refractivity contribution in [3.63, 3.8) is 0 Å². The number of aromatic nitrogens is 2. The van der Waals surface area contributed by atoms with Gasteiger partial charge in [0.25, 0.3) is 0 Å². The largest absolute Gasteiger partial charge is 0.489 e. The molecule has 0 saturated heterocycles. The maximum Gasteiger partial charge on any atom is 0.245 e. The minimum atomic E-state index is 0.398. The monoisotopic (exact) mass is 389 g/mol. The molecule has 0 radical (unpaired) electrons. The van der Waals surface area contributed by atoms with Crippen LogP contribution in [0.1, 0.15) is 5.56 Å². The van der Waals surface area contributed by atoms with E-state index in [0.717, 1.165) is 10.0 Å². The summed E-state index contributed by atoms with van der Waals surface area (Å²) in [4.78, 5) is 8.28. The lowest BCUT2D eigenvalue weighted by Gasteiger charge is -2.16. The van der Waals surface area contributed by atoms with Crippen LogP contribution in [0.2, 0.25) is 0 Å². The molecule has 2 aromatic carbocycles. The van der Waals surface area contributed by atoms with Crippen molar-refractivity contribution >= 4 is 39.3 Å². The number of hydrogen-bond donors (Lipinski definition) is 0. The predicted octanol–water partition coefficient (Wildman–Crippen LogP) is 5.11. The van der Waals surface area contributed by atoms with Crippen LogP contribution in [0.4, 0.5) is 11.6 Å². The van der Waals surface area contributed by atoms with Crippen molar-refractivity contribution in [3.8, 4) is 5.75 Å². The van der Waals surface area contributed by atoms with Gasteiger partial charge in [-0.1, -0.05) is 30.3 Å². The second kappa shape index (κ2) is 7.44. The first-order valence-electron chi connectivity index (χ1n) is 6.93. The Balaban J connectivity index is 1.79. The van der Waals surface area contributed by atoms with Gasteiger partial charge in [0.05, 0.1) is 5.69 Å². The Morgan fingerprint density at radius 3 is 2.48 bits per heavy atom. The van der Waals surface area contributed by atoms with E-state index in [4.69, 9.17) is 16.5 Å². The van der Waals surface area contributed by atoms with Gasteiger partial charge in [0.2, 0.25) is 5.95 Å². The molecule has 3 rings (SSSR count). The molecule has 0 bridgehead atoms. The fraction of sp³-hybridized carbons (Fsp3) is 0.0588. The van der Waals surface area contributed by atoms with E-state index in [0.29, 0.717) is 24.0 Å². The zero-order chi connectivity index (χ0) is 16.1. The molecule has 0 aliphatic heterocycles. The maximum absolute atomic E-state index is 6.35. The molecule has 23 heavy (non-hydrogen) atoms. The van der Waals surface area contributed by atoms with E-state index in [1.807, 2.05) is 48.5 Å². The summed E-state index contributed by atoms with van der Waals surface area (Å²) in [7, 11) is 0. The van der Waals surface area contributed by atoms with Crippen molar-refractivity contribution in [2.75, 3.05) is 4.42 Å². The van der Waals surface area contributed by atoms with Gasteiger partial charge in [0.15, 0.2) is 0 Å². The van der Waals surface area contributed by atoms with Crippen molar-refractivity contribution in [2.24, 2.45) is 0 Å². The van der Waals surface area contributed by atoms with Crippen LogP contribution in [0.15, 0.2) is 71.5 Å². The molecule has 0 amide bonds. The van der Waals surface area contributed by atoms with E-state index in [9.17, 15) is 0 Å². The zero-order valence-corrected chi connectivity index (χ0v) is 14.4. The van der Waals surface area contributed by atoms with Crippen LogP contribution >= 0.6 is 27.7 Å². The molecule has 0 fully saturated rings. The summed E-state index contributed by atoms with van der Waals surface area (Å²) in [5.41, 5.74) is 1.81. The molecule has 0 saturated carbocycles. The SMILES string of the molecule is ClN(c1ncccn1)c1cc(OCc2ccccc2)ccc1Br. The van der Waals surface area contributed by atoms with Gasteiger partial charge < -0.3 is 4.74 Å². The molecule has 0 aliphatic rings. The van der Waals surface area contributed by atoms with Crippen LogP contribution in [0.3, 0.4) is 0 Å². The minimum absolute atomic E-state index is 0.398. The lowest BCUT2D eigenvalue weighted by molar-refractivity contribution is 0.306. The molecular weight excluding hydrogens is 378 g/mol. The van der Waals surface area contributed by atoms with Crippen molar-refractivity contribution in [2.45, 2.75) is 6.61 Å². The average molecular weight is 391 g/mol. The Bertz CT molecular complexity index is 771. The summed E-state index contributed by atoms with van der Waals surface area (Å²) in [5, 5.41) is 0. The van der Waals surface area contributed by atoms with Crippen LogP contribution in [0.25, 0.3) is 0 Å². The van der Waals surface area contributed by atoms with E-state index in [1.165, 1.54) is 4.42 Å². The maximum atomic E-state index is 6.35. The van der Waals surface area contributed by atoms with Gasteiger partial charge >= 0.3 is 0 Å². The Hall–Kier alpha value is -2.11. The Morgan fingerprint density at radius 2 is 1.74 bits per heavy atom. The standard InChI is InChI=1S/C17H13BrClN3O/c18-15-8-7-14(23-12-13-5-2-1-3-6-13)11-16(15)22(19)17-20-9-4-10-21-17/h1-11H,12H2. The van der Waals surface area contributed by atoms with Gasteiger partial charge in [-0.3, -0.25) is 0 Å². The van der Waals surface area contributed by atoms with Crippen LogP contribution in [0, 0.1) is 0 Å². The first-order chi connectivity index (χ1) is 11.2. The quantitative estimate of drug-likeness (QED) is 0.567. The highest BCUT2D eigenvalue weighted by atomic mass is 79.9. The lowest BCUT2D eigenvalue weighted by Crippen LogP contribution is -2.07. The van der Waals surface area contributed by atoms with Gasteiger partial charge in [0.1, 0.15) is 12.4 Å². The van der Waals surface area contributed by atoms with Gasteiger partial charge in [-0.05, 0) is 39.7 Å². The molecule has 0 spiro atoms. The topological polar surface area (TPSA) is 38.2 Å². The van der Waals surface area contributed by atoms with Crippen molar-refractivity contribution in [1.29, 1.82) is 0 Å². The second-order valence-electron chi connectivity index (χ2n) is 4.72. The molecule has 0 atom stereocenters. The van der Waals surface area contributed by atoms with Crippen molar-refractivity contribution in [3.05, 3.63) is 77.0 Å². The summed E-state index contributed by atoms with van der Waals surface area (Å²) < 4.78 is 8.04. The number of anilines is 2. The number of nitrogens with zero attached hydrogens (tertiary/aromatic N) is 3. The summed E-state index contributed by atoms with van der Waals surface area (Å²) in [6.07, 6.45) is 3.28. The summed E-state index contributed by atoms with van der Waals surface area (Å²) in [6, 6.07) is 17.3. The number of benzene rings is 2. The highest BCUT2D eigenvalue weighted by Gasteiger charge is 2.13. The van der Waals surface area contributed by atoms with Crippen molar-refractivity contribution in [1.82, 2.24) is 9.97 Å². The fourth-order valence-corrected chi connectivity index (χ4v) is 2.73. The molecule has 0 aliphatic carbocycles. The number of hydrogen-bond acceptors (Lipinski definition) is 4. The van der Waals surface area contributed by atoms with E-state index in [-0.39, 0.29) is 0 Å². The Labute approximate surface area is 148 Å². The number of ether oxygens (including phenoxy) is 1. The third kappa shape index (κ3) is 4.00. The lowest BCUT2D eigenvalue weighted by atomic mass is 10.2. The summed E-state index contributed by atoms with van der Waals surface area (Å²) in [6.45, 7) is 0.492. The van der Waals surface area contributed by atoms with Crippen LogP contribution in [-0.4, -0.2) is 9.97 Å².